The van der Waals surface area contributed by atoms with Gasteiger partial charge in [-0.15, -0.1) is 0 Å². The fourth-order valence-electron chi connectivity index (χ4n) is 3.23. The van der Waals surface area contributed by atoms with E-state index in [1.54, 1.807) is 48.2 Å². The van der Waals surface area contributed by atoms with Crippen molar-refractivity contribution in [2.45, 2.75) is 31.8 Å². The molecule has 1 aliphatic heterocycles. The number of likely N-dealkylation sites (tertiary alicyclic amines) is 1. The van der Waals surface area contributed by atoms with Crippen LogP contribution in [0.25, 0.3) is 0 Å². The number of carbonyl (C=O) groups is 2. The van der Waals surface area contributed by atoms with Crippen LogP contribution in [0.15, 0.2) is 54.6 Å². The van der Waals surface area contributed by atoms with E-state index in [1.807, 2.05) is 6.07 Å². The second-order valence-electron chi connectivity index (χ2n) is 6.81. The number of hydrogen-bond acceptors (Lipinski definition) is 3. The maximum atomic E-state index is 13.0. The number of nitrogens with one attached hydrogen (secondary N) is 2. The first-order chi connectivity index (χ1) is 13.0. The Morgan fingerprint density at radius 1 is 1.04 bits per heavy atom. The zero-order chi connectivity index (χ0) is 19.2. The number of carbonyl (C=O) groups excluding carboxylic acids is 2. The summed E-state index contributed by atoms with van der Waals surface area (Å²) in [7, 11) is 0. The first kappa shape index (κ1) is 18.9. The van der Waals surface area contributed by atoms with E-state index in [0.29, 0.717) is 18.7 Å². The summed E-state index contributed by atoms with van der Waals surface area (Å²) in [6, 6.07) is 14.8. The van der Waals surface area contributed by atoms with Crippen molar-refractivity contribution in [3.8, 4) is 0 Å². The molecule has 6 heteroatoms. The van der Waals surface area contributed by atoms with E-state index in [2.05, 4.69) is 10.6 Å². The zero-order valence-corrected chi connectivity index (χ0v) is 15.3. The first-order valence-corrected chi connectivity index (χ1v) is 9.20. The molecule has 2 aromatic rings. The van der Waals surface area contributed by atoms with Gasteiger partial charge in [0.1, 0.15) is 11.9 Å². The Morgan fingerprint density at radius 2 is 1.67 bits per heavy atom. The molecule has 0 aliphatic carbocycles. The van der Waals surface area contributed by atoms with E-state index in [4.69, 9.17) is 0 Å². The van der Waals surface area contributed by atoms with Crippen LogP contribution in [0.2, 0.25) is 0 Å². The highest BCUT2D eigenvalue weighted by molar-refractivity contribution is 5.97. The molecule has 0 radical (unpaired) electrons. The third-order valence-corrected chi connectivity index (χ3v) is 4.78. The summed E-state index contributed by atoms with van der Waals surface area (Å²) in [5.74, 6) is -0.573. The molecule has 142 valence electrons. The standard InChI is InChI=1S/C21H24FN3O2/c1-15(23-20(26)16-5-3-2-4-6-16)21(27)25-13-11-19(12-14-25)24-18-9-7-17(22)8-10-18/h2-10,15,19,24H,11-14H2,1H3,(H,23,26). The Kier molecular flexibility index (Phi) is 6.06. The smallest absolute Gasteiger partial charge is 0.251 e. The minimum Gasteiger partial charge on any atom is -0.382 e. The number of hydrogen-bond donors (Lipinski definition) is 2. The van der Waals surface area contributed by atoms with Crippen molar-refractivity contribution in [1.82, 2.24) is 10.2 Å². The van der Waals surface area contributed by atoms with Crippen LogP contribution in [0.4, 0.5) is 10.1 Å². The Labute approximate surface area is 158 Å². The molecule has 3 rings (SSSR count). The molecule has 2 N–H and O–H groups in total. The lowest BCUT2D eigenvalue weighted by atomic mass is 10.0. The van der Waals surface area contributed by atoms with Gasteiger partial charge in [-0.05, 0) is 56.2 Å². The number of rotatable bonds is 5. The summed E-state index contributed by atoms with van der Waals surface area (Å²) in [5, 5.41) is 6.14. The van der Waals surface area contributed by atoms with Gasteiger partial charge >= 0.3 is 0 Å². The summed E-state index contributed by atoms with van der Waals surface area (Å²) in [5.41, 5.74) is 1.42. The fourth-order valence-corrected chi connectivity index (χ4v) is 3.23. The average Bonchev–Trinajstić information content (AvgIpc) is 2.70. The van der Waals surface area contributed by atoms with Crippen molar-refractivity contribution in [3.05, 3.63) is 66.0 Å². The lowest BCUT2D eigenvalue weighted by molar-refractivity contribution is -0.133. The van der Waals surface area contributed by atoms with Crippen molar-refractivity contribution >= 4 is 17.5 Å². The van der Waals surface area contributed by atoms with Crippen LogP contribution in [0.1, 0.15) is 30.1 Å². The quantitative estimate of drug-likeness (QED) is 0.852. The number of benzene rings is 2. The molecule has 2 amide bonds. The molecule has 1 atom stereocenters. The molecule has 1 unspecified atom stereocenters. The number of piperidine rings is 1. The third kappa shape index (κ3) is 5.06. The predicted octanol–water partition coefficient (Wildman–Crippen LogP) is 3.05. The van der Waals surface area contributed by atoms with Crippen LogP contribution in [-0.2, 0) is 4.79 Å². The molecule has 1 aliphatic rings. The molecule has 0 bridgehead atoms. The van der Waals surface area contributed by atoms with Gasteiger partial charge in [-0.1, -0.05) is 18.2 Å². The topological polar surface area (TPSA) is 61.4 Å². The van der Waals surface area contributed by atoms with Crippen LogP contribution in [0.5, 0.6) is 0 Å². The maximum absolute atomic E-state index is 13.0. The fraction of sp³-hybridized carbons (Fsp3) is 0.333. The van der Waals surface area contributed by atoms with Crippen molar-refractivity contribution < 1.29 is 14.0 Å². The van der Waals surface area contributed by atoms with Gasteiger partial charge in [-0.3, -0.25) is 9.59 Å². The maximum Gasteiger partial charge on any atom is 0.251 e. The molecule has 5 nitrogen and oxygen atoms in total. The summed E-state index contributed by atoms with van der Waals surface area (Å²) in [6.07, 6.45) is 1.62. The van der Waals surface area contributed by atoms with Gasteiger partial charge < -0.3 is 15.5 Å². The van der Waals surface area contributed by atoms with Crippen LogP contribution in [0.3, 0.4) is 0 Å². The van der Waals surface area contributed by atoms with Crippen molar-refractivity contribution in [3.63, 3.8) is 0 Å². The van der Waals surface area contributed by atoms with E-state index in [1.165, 1.54) is 12.1 Å². The van der Waals surface area contributed by atoms with E-state index in [9.17, 15) is 14.0 Å². The van der Waals surface area contributed by atoms with E-state index < -0.39 is 6.04 Å². The normalized spacial score (nSPS) is 15.9. The van der Waals surface area contributed by atoms with E-state index in [-0.39, 0.29) is 23.7 Å². The van der Waals surface area contributed by atoms with Gasteiger partial charge in [0, 0.05) is 30.4 Å². The van der Waals surface area contributed by atoms with E-state index in [0.717, 1.165) is 18.5 Å². The first-order valence-electron chi connectivity index (χ1n) is 9.20. The van der Waals surface area contributed by atoms with Crippen LogP contribution in [-0.4, -0.2) is 41.9 Å². The van der Waals surface area contributed by atoms with Crippen molar-refractivity contribution in [2.75, 3.05) is 18.4 Å². The summed E-state index contributed by atoms with van der Waals surface area (Å²) in [6.45, 7) is 2.97. The van der Waals surface area contributed by atoms with Gasteiger partial charge in [-0.2, -0.15) is 0 Å². The van der Waals surface area contributed by atoms with Crippen LogP contribution >= 0.6 is 0 Å². The Morgan fingerprint density at radius 3 is 2.30 bits per heavy atom. The Bertz CT molecular complexity index is 772. The highest BCUT2D eigenvalue weighted by atomic mass is 19.1. The van der Waals surface area contributed by atoms with Crippen LogP contribution < -0.4 is 10.6 Å². The van der Waals surface area contributed by atoms with E-state index >= 15 is 0 Å². The second-order valence-corrected chi connectivity index (χ2v) is 6.81. The second kappa shape index (κ2) is 8.66. The van der Waals surface area contributed by atoms with Gasteiger partial charge in [0.15, 0.2) is 0 Å². The predicted molar refractivity (Wildman–Crippen MR) is 103 cm³/mol. The van der Waals surface area contributed by atoms with Gasteiger partial charge in [-0.25, -0.2) is 4.39 Å². The van der Waals surface area contributed by atoms with Gasteiger partial charge in [0.05, 0.1) is 0 Å². The lowest BCUT2D eigenvalue weighted by Gasteiger charge is -2.34. The van der Waals surface area contributed by atoms with Crippen molar-refractivity contribution in [2.24, 2.45) is 0 Å². The Hall–Kier alpha value is -2.89. The van der Waals surface area contributed by atoms with Crippen LogP contribution in [0, 0.1) is 5.82 Å². The minimum absolute atomic E-state index is 0.0699. The monoisotopic (exact) mass is 369 g/mol. The molecule has 1 heterocycles. The number of anilines is 1. The average molecular weight is 369 g/mol. The highest BCUT2D eigenvalue weighted by Gasteiger charge is 2.27. The summed E-state index contributed by atoms with van der Waals surface area (Å²) in [4.78, 5) is 26.6. The Balaban J connectivity index is 1.47. The number of nitrogens with zero attached hydrogens (tertiary/aromatic N) is 1. The summed E-state index contributed by atoms with van der Waals surface area (Å²) >= 11 is 0. The highest BCUT2D eigenvalue weighted by Crippen LogP contribution is 2.17. The molecule has 1 saturated heterocycles. The SMILES string of the molecule is CC(NC(=O)c1ccccc1)C(=O)N1CCC(Nc2ccc(F)cc2)CC1. The number of halogens is 1. The molecule has 0 aromatic heterocycles. The molecule has 0 saturated carbocycles. The van der Waals surface area contributed by atoms with Gasteiger partial charge in [0.25, 0.3) is 5.91 Å². The third-order valence-electron chi connectivity index (χ3n) is 4.78. The molecule has 0 spiro atoms. The molecular weight excluding hydrogens is 345 g/mol. The molecule has 27 heavy (non-hydrogen) atoms. The minimum atomic E-state index is -0.570. The zero-order valence-electron chi connectivity index (χ0n) is 15.3. The van der Waals surface area contributed by atoms with Crippen molar-refractivity contribution in [1.29, 1.82) is 0 Å². The lowest BCUT2D eigenvalue weighted by Crippen LogP contribution is -2.50. The molecule has 2 aromatic carbocycles. The molecule has 1 fully saturated rings. The summed E-state index contributed by atoms with van der Waals surface area (Å²) < 4.78 is 13.0. The van der Waals surface area contributed by atoms with Gasteiger partial charge in [0.2, 0.25) is 5.91 Å². The number of amides is 2. The molecular formula is C21H24FN3O2. The largest absolute Gasteiger partial charge is 0.382 e.